The molecule has 7 heteroatoms. The van der Waals surface area contributed by atoms with Crippen molar-refractivity contribution in [2.75, 3.05) is 43.6 Å². The molecule has 0 saturated carbocycles. The number of ether oxygens (including phenoxy) is 1. The molecule has 1 aliphatic heterocycles. The molecule has 1 aromatic heterocycles. The molecule has 6 nitrogen and oxygen atoms in total. The molecule has 1 aliphatic rings. The van der Waals surface area contributed by atoms with Crippen molar-refractivity contribution in [3.05, 3.63) is 63.9 Å². The van der Waals surface area contributed by atoms with Crippen LogP contribution in [0, 0.1) is 0 Å². The lowest BCUT2D eigenvalue weighted by Gasteiger charge is -2.30. The van der Waals surface area contributed by atoms with Gasteiger partial charge in [-0.3, -0.25) is 4.79 Å². The van der Waals surface area contributed by atoms with E-state index < -0.39 is 0 Å². The van der Waals surface area contributed by atoms with Gasteiger partial charge in [0.1, 0.15) is 11.4 Å². The largest absolute Gasteiger partial charge is 0.497 e. The highest BCUT2D eigenvalue weighted by Gasteiger charge is 2.20. The van der Waals surface area contributed by atoms with E-state index >= 15 is 0 Å². The molecule has 0 atom stereocenters. The standard InChI is InChI=1S/C25H29ClN4O2/c1-4-28(2)23-17-20(18-10-8-11-19(16-18)32-3)27-30(25(23)31)22-13-9-12-21(24(22)26)29-14-6-5-7-15-29/h8-13,16-17H,4-7,14-15H2,1-3H3. The molecule has 0 radical (unpaired) electrons. The number of halogens is 1. The van der Waals surface area contributed by atoms with Crippen LogP contribution in [0.4, 0.5) is 11.4 Å². The van der Waals surface area contributed by atoms with Gasteiger partial charge in [-0.1, -0.05) is 29.8 Å². The molecule has 0 spiro atoms. The van der Waals surface area contributed by atoms with E-state index in [1.807, 2.05) is 67.4 Å². The third-order valence-electron chi connectivity index (χ3n) is 6.03. The fourth-order valence-corrected chi connectivity index (χ4v) is 4.39. The van der Waals surface area contributed by atoms with E-state index in [1.54, 1.807) is 7.11 Å². The molecule has 1 saturated heterocycles. The summed E-state index contributed by atoms with van der Waals surface area (Å²) in [6.45, 7) is 4.65. The van der Waals surface area contributed by atoms with Gasteiger partial charge in [-0.2, -0.15) is 9.78 Å². The first-order valence-electron chi connectivity index (χ1n) is 11.1. The SMILES string of the molecule is CCN(C)c1cc(-c2cccc(OC)c2)nn(-c2cccc(N3CCCCC3)c2Cl)c1=O. The summed E-state index contributed by atoms with van der Waals surface area (Å²) in [5.74, 6) is 0.734. The Morgan fingerprint density at radius 3 is 2.50 bits per heavy atom. The Balaban J connectivity index is 1.89. The fourth-order valence-electron chi connectivity index (χ4n) is 4.06. The van der Waals surface area contributed by atoms with Gasteiger partial charge in [-0.05, 0) is 56.5 Å². The van der Waals surface area contributed by atoms with Gasteiger partial charge in [0.05, 0.1) is 29.2 Å². The minimum Gasteiger partial charge on any atom is -0.497 e. The molecule has 2 aromatic carbocycles. The Labute approximate surface area is 194 Å². The Bertz CT molecular complexity index is 1150. The minimum absolute atomic E-state index is 0.196. The second-order valence-electron chi connectivity index (χ2n) is 8.04. The Morgan fingerprint density at radius 1 is 1.06 bits per heavy atom. The average molecular weight is 453 g/mol. The van der Waals surface area contributed by atoms with Crippen LogP contribution in [0.25, 0.3) is 16.9 Å². The lowest BCUT2D eigenvalue weighted by molar-refractivity contribution is 0.415. The van der Waals surface area contributed by atoms with Gasteiger partial charge >= 0.3 is 0 Å². The van der Waals surface area contributed by atoms with Crippen LogP contribution in [0.1, 0.15) is 26.2 Å². The first kappa shape index (κ1) is 22.2. The van der Waals surface area contributed by atoms with E-state index in [-0.39, 0.29) is 5.56 Å². The number of piperidine rings is 1. The predicted molar refractivity (Wildman–Crippen MR) is 132 cm³/mol. The van der Waals surface area contributed by atoms with Crippen LogP contribution < -0.4 is 20.1 Å². The summed E-state index contributed by atoms with van der Waals surface area (Å²) in [6, 6.07) is 15.3. The monoisotopic (exact) mass is 452 g/mol. The number of anilines is 2. The van der Waals surface area contributed by atoms with Gasteiger partial charge in [0, 0.05) is 32.2 Å². The molecule has 0 amide bonds. The quantitative estimate of drug-likeness (QED) is 0.526. The number of nitrogens with zero attached hydrogens (tertiary/aromatic N) is 4. The maximum Gasteiger partial charge on any atom is 0.295 e. The molecule has 32 heavy (non-hydrogen) atoms. The number of benzene rings is 2. The van der Waals surface area contributed by atoms with Gasteiger partial charge in [0.25, 0.3) is 5.56 Å². The summed E-state index contributed by atoms with van der Waals surface area (Å²) >= 11 is 6.89. The van der Waals surface area contributed by atoms with Crippen molar-refractivity contribution in [3.63, 3.8) is 0 Å². The highest BCUT2D eigenvalue weighted by Crippen LogP contribution is 2.33. The third kappa shape index (κ3) is 4.32. The Hall–Kier alpha value is -2.99. The summed E-state index contributed by atoms with van der Waals surface area (Å²) in [4.78, 5) is 17.7. The van der Waals surface area contributed by atoms with Crippen molar-refractivity contribution in [2.45, 2.75) is 26.2 Å². The first-order chi connectivity index (χ1) is 15.5. The summed E-state index contributed by atoms with van der Waals surface area (Å²) in [5, 5.41) is 5.28. The second-order valence-corrected chi connectivity index (χ2v) is 8.41. The van der Waals surface area contributed by atoms with Gasteiger partial charge in [-0.15, -0.1) is 0 Å². The van der Waals surface area contributed by atoms with Crippen LogP contribution in [0.5, 0.6) is 5.75 Å². The summed E-state index contributed by atoms with van der Waals surface area (Å²) in [6.07, 6.45) is 3.54. The zero-order chi connectivity index (χ0) is 22.7. The molecule has 0 bridgehead atoms. The molecular weight excluding hydrogens is 424 g/mol. The number of hydrogen-bond donors (Lipinski definition) is 0. The molecule has 2 heterocycles. The molecule has 3 aromatic rings. The third-order valence-corrected chi connectivity index (χ3v) is 6.41. The lowest BCUT2D eigenvalue weighted by atomic mass is 10.1. The van der Waals surface area contributed by atoms with Gasteiger partial charge in [0.15, 0.2) is 0 Å². The summed E-state index contributed by atoms with van der Waals surface area (Å²) in [5.41, 5.74) is 3.47. The maximum atomic E-state index is 13.5. The molecule has 1 fully saturated rings. The molecule has 0 unspecified atom stereocenters. The van der Waals surface area contributed by atoms with Crippen molar-refractivity contribution in [1.82, 2.24) is 9.78 Å². The van der Waals surface area contributed by atoms with Gasteiger partial charge in [-0.25, -0.2) is 0 Å². The highest BCUT2D eigenvalue weighted by molar-refractivity contribution is 6.35. The number of rotatable bonds is 6. The van der Waals surface area contributed by atoms with Crippen molar-refractivity contribution >= 4 is 23.0 Å². The normalized spacial score (nSPS) is 13.8. The fraction of sp³-hybridized carbons (Fsp3) is 0.360. The smallest absolute Gasteiger partial charge is 0.295 e. The second kappa shape index (κ2) is 9.65. The topological polar surface area (TPSA) is 50.6 Å². The van der Waals surface area contributed by atoms with Gasteiger partial charge in [0.2, 0.25) is 0 Å². The molecule has 0 N–H and O–H groups in total. The highest BCUT2D eigenvalue weighted by atomic mass is 35.5. The van der Waals surface area contributed by atoms with Crippen LogP contribution >= 0.6 is 11.6 Å². The Morgan fingerprint density at radius 2 is 1.78 bits per heavy atom. The molecule has 168 valence electrons. The predicted octanol–water partition coefficient (Wildman–Crippen LogP) is 5.01. The number of aromatic nitrogens is 2. The number of methoxy groups -OCH3 is 1. The molecule has 4 rings (SSSR count). The number of hydrogen-bond acceptors (Lipinski definition) is 5. The van der Waals surface area contributed by atoms with Crippen LogP contribution in [0.2, 0.25) is 5.02 Å². The summed E-state index contributed by atoms with van der Waals surface area (Å²) in [7, 11) is 3.54. The van der Waals surface area contributed by atoms with E-state index in [1.165, 1.54) is 11.1 Å². The molecule has 0 aliphatic carbocycles. The Kier molecular flexibility index (Phi) is 6.70. The van der Waals surface area contributed by atoms with E-state index in [9.17, 15) is 4.79 Å². The van der Waals surface area contributed by atoms with Crippen LogP contribution in [-0.2, 0) is 0 Å². The average Bonchev–Trinajstić information content (AvgIpc) is 2.84. The summed E-state index contributed by atoms with van der Waals surface area (Å²) < 4.78 is 6.82. The lowest BCUT2D eigenvalue weighted by Crippen LogP contribution is -2.32. The molecular formula is C25H29ClN4O2. The van der Waals surface area contributed by atoms with E-state index in [2.05, 4.69) is 4.90 Å². The van der Waals surface area contributed by atoms with Crippen LogP contribution in [0.3, 0.4) is 0 Å². The van der Waals surface area contributed by atoms with E-state index in [0.717, 1.165) is 42.9 Å². The maximum absolute atomic E-state index is 13.5. The van der Waals surface area contributed by atoms with E-state index in [0.29, 0.717) is 28.6 Å². The van der Waals surface area contributed by atoms with Crippen molar-refractivity contribution in [1.29, 1.82) is 0 Å². The van der Waals surface area contributed by atoms with Crippen LogP contribution in [0.15, 0.2) is 53.3 Å². The van der Waals surface area contributed by atoms with Crippen molar-refractivity contribution < 1.29 is 4.74 Å². The van der Waals surface area contributed by atoms with Gasteiger partial charge < -0.3 is 14.5 Å². The zero-order valence-corrected chi connectivity index (χ0v) is 19.6. The van der Waals surface area contributed by atoms with Crippen LogP contribution in [-0.4, -0.2) is 43.6 Å². The van der Waals surface area contributed by atoms with E-state index in [4.69, 9.17) is 21.4 Å². The van der Waals surface area contributed by atoms with Crippen molar-refractivity contribution in [3.8, 4) is 22.7 Å². The zero-order valence-electron chi connectivity index (χ0n) is 18.8. The van der Waals surface area contributed by atoms with Crippen molar-refractivity contribution in [2.24, 2.45) is 0 Å². The minimum atomic E-state index is -0.196. The first-order valence-corrected chi connectivity index (χ1v) is 11.4.